The summed E-state index contributed by atoms with van der Waals surface area (Å²) in [5.41, 5.74) is 0.214. The highest BCUT2D eigenvalue weighted by molar-refractivity contribution is 5.87. The molecule has 1 saturated carbocycles. The highest BCUT2D eigenvalue weighted by Crippen LogP contribution is 2.45. The molecule has 1 rings (SSSR count). The average Bonchev–Trinajstić information content (AvgIpc) is 2.28. The molecule has 0 radical (unpaired) electrons. The van der Waals surface area contributed by atoms with E-state index in [2.05, 4.69) is 34.3 Å². The Morgan fingerprint density at radius 3 is 2.33 bits per heavy atom. The minimum absolute atomic E-state index is 0.226. The molecule has 2 unspecified atom stereocenters. The van der Waals surface area contributed by atoms with Gasteiger partial charge in [0.15, 0.2) is 0 Å². The first-order valence-electron chi connectivity index (χ1n) is 7.20. The van der Waals surface area contributed by atoms with E-state index in [-0.39, 0.29) is 11.6 Å². The van der Waals surface area contributed by atoms with Gasteiger partial charge in [-0.15, -0.1) is 0 Å². The Balaban J connectivity index is 3.02. The van der Waals surface area contributed by atoms with E-state index in [1.54, 1.807) is 6.92 Å². The van der Waals surface area contributed by atoms with Crippen LogP contribution in [0.4, 0.5) is 0 Å². The van der Waals surface area contributed by atoms with Crippen molar-refractivity contribution in [2.75, 3.05) is 0 Å². The van der Waals surface area contributed by atoms with Gasteiger partial charge >= 0.3 is 5.97 Å². The van der Waals surface area contributed by atoms with Gasteiger partial charge in [0.2, 0.25) is 0 Å². The molecule has 1 fully saturated rings. The van der Waals surface area contributed by atoms with Crippen molar-refractivity contribution < 1.29 is 9.53 Å². The molecule has 0 saturated heterocycles. The van der Waals surface area contributed by atoms with Crippen molar-refractivity contribution in [1.29, 1.82) is 0 Å². The van der Waals surface area contributed by atoms with E-state index in [1.807, 2.05) is 0 Å². The van der Waals surface area contributed by atoms with Gasteiger partial charge in [-0.3, -0.25) is 0 Å². The van der Waals surface area contributed by atoms with Crippen LogP contribution in [-0.4, -0.2) is 11.6 Å². The van der Waals surface area contributed by atoms with Crippen LogP contribution in [0, 0.1) is 17.8 Å². The molecule has 1 aliphatic rings. The van der Waals surface area contributed by atoms with E-state index >= 15 is 0 Å². The van der Waals surface area contributed by atoms with E-state index in [0.29, 0.717) is 23.3 Å². The lowest BCUT2D eigenvalue weighted by molar-refractivity contribution is -0.178. The van der Waals surface area contributed by atoms with Crippen LogP contribution < -0.4 is 0 Å². The molecule has 0 N–H and O–H groups in total. The Labute approximate surface area is 112 Å². The molecule has 18 heavy (non-hydrogen) atoms. The van der Waals surface area contributed by atoms with Crippen molar-refractivity contribution in [3.8, 4) is 0 Å². The van der Waals surface area contributed by atoms with Crippen molar-refractivity contribution >= 4 is 5.97 Å². The van der Waals surface area contributed by atoms with Gasteiger partial charge in [-0.05, 0) is 38.0 Å². The SMILES string of the molecule is C=C(C)C(=O)OC1(C(C)C)CCCCC1C(C)C. The standard InChI is InChI=1S/C16H28O2/c1-11(2)14-9-7-8-10-16(14,13(5)6)18-15(17)12(3)4/h11,13-14H,3,7-10H2,1-2,4-6H3. The predicted octanol–water partition coefficient (Wildman–Crippen LogP) is 4.35. The van der Waals surface area contributed by atoms with Crippen molar-refractivity contribution in [3.05, 3.63) is 12.2 Å². The van der Waals surface area contributed by atoms with Crippen LogP contribution in [0.15, 0.2) is 12.2 Å². The van der Waals surface area contributed by atoms with Gasteiger partial charge in [0.1, 0.15) is 5.60 Å². The monoisotopic (exact) mass is 252 g/mol. The Morgan fingerprint density at radius 2 is 1.89 bits per heavy atom. The fourth-order valence-corrected chi connectivity index (χ4v) is 3.31. The summed E-state index contributed by atoms with van der Waals surface area (Å²) >= 11 is 0. The lowest BCUT2D eigenvalue weighted by Gasteiger charge is -2.48. The van der Waals surface area contributed by atoms with Gasteiger partial charge in [-0.2, -0.15) is 0 Å². The van der Waals surface area contributed by atoms with E-state index in [1.165, 1.54) is 12.8 Å². The zero-order chi connectivity index (χ0) is 13.9. The summed E-state index contributed by atoms with van der Waals surface area (Å²) in [6, 6.07) is 0. The van der Waals surface area contributed by atoms with Gasteiger partial charge in [0, 0.05) is 11.5 Å². The highest BCUT2D eigenvalue weighted by atomic mass is 16.6. The molecule has 0 aliphatic heterocycles. The van der Waals surface area contributed by atoms with Crippen LogP contribution in [-0.2, 0) is 9.53 Å². The molecular formula is C16H28O2. The van der Waals surface area contributed by atoms with Crippen molar-refractivity contribution in [3.63, 3.8) is 0 Å². The van der Waals surface area contributed by atoms with Crippen molar-refractivity contribution in [2.45, 2.75) is 65.9 Å². The van der Waals surface area contributed by atoms with Gasteiger partial charge in [0.25, 0.3) is 0 Å². The summed E-state index contributed by atoms with van der Waals surface area (Å²) in [4.78, 5) is 12.0. The van der Waals surface area contributed by atoms with E-state index in [0.717, 1.165) is 12.8 Å². The van der Waals surface area contributed by atoms with Crippen LogP contribution in [0.25, 0.3) is 0 Å². The summed E-state index contributed by atoms with van der Waals surface area (Å²) in [7, 11) is 0. The first-order chi connectivity index (χ1) is 8.31. The lowest BCUT2D eigenvalue weighted by Crippen LogP contribution is -2.51. The van der Waals surface area contributed by atoms with Crippen molar-refractivity contribution in [2.24, 2.45) is 17.8 Å². The molecule has 0 aromatic carbocycles. The maximum Gasteiger partial charge on any atom is 0.333 e. The molecular weight excluding hydrogens is 224 g/mol. The molecule has 2 nitrogen and oxygen atoms in total. The molecule has 0 bridgehead atoms. The fraction of sp³-hybridized carbons (Fsp3) is 0.812. The minimum Gasteiger partial charge on any atom is -0.455 e. The minimum atomic E-state index is -0.289. The second kappa shape index (κ2) is 5.90. The van der Waals surface area contributed by atoms with E-state index in [4.69, 9.17) is 4.74 Å². The predicted molar refractivity (Wildman–Crippen MR) is 75.3 cm³/mol. The fourth-order valence-electron chi connectivity index (χ4n) is 3.31. The Kier molecular flexibility index (Phi) is 5.01. The topological polar surface area (TPSA) is 26.3 Å². The van der Waals surface area contributed by atoms with Gasteiger partial charge in [0.05, 0.1) is 0 Å². The summed E-state index contributed by atoms with van der Waals surface area (Å²) < 4.78 is 5.94. The molecule has 0 spiro atoms. The smallest absolute Gasteiger partial charge is 0.333 e. The summed E-state index contributed by atoms with van der Waals surface area (Å²) in [6.45, 7) is 14.3. The molecule has 0 aromatic rings. The summed E-state index contributed by atoms with van der Waals surface area (Å²) in [5.74, 6) is 1.14. The number of hydrogen-bond acceptors (Lipinski definition) is 2. The second-order valence-electron chi connectivity index (χ2n) is 6.38. The molecule has 2 atom stereocenters. The first-order valence-corrected chi connectivity index (χ1v) is 7.20. The summed E-state index contributed by atoms with van der Waals surface area (Å²) in [5, 5.41) is 0. The average molecular weight is 252 g/mol. The third-order valence-corrected chi connectivity index (χ3v) is 4.37. The number of esters is 1. The van der Waals surface area contributed by atoms with Gasteiger partial charge in [-0.1, -0.05) is 40.7 Å². The Morgan fingerprint density at radius 1 is 1.28 bits per heavy atom. The quantitative estimate of drug-likeness (QED) is 0.549. The molecule has 0 heterocycles. The normalized spacial score (nSPS) is 28.5. The van der Waals surface area contributed by atoms with Gasteiger partial charge in [-0.25, -0.2) is 4.79 Å². The van der Waals surface area contributed by atoms with Crippen LogP contribution in [0.3, 0.4) is 0 Å². The maximum absolute atomic E-state index is 12.0. The van der Waals surface area contributed by atoms with Crippen LogP contribution in [0.1, 0.15) is 60.3 Å². The maximum atomic E-state index is 12.0. The molecule has 104 valence electrons. The number of carbonyl (C=O) groups excluding carboxylic acids is 1. The van der Waals surface area contributed by atoms with E-state index in [9.17, 15) is 4.79 Å². The molecule has 1 aliphatic carbocycles. The Hall–Kier alpha value is -0.790. The first kappa shape index (κ1) is 15.3. The van der Waals surface area contributed by atoms with Crippen LogP contribution >= 0.6 is 0 Å². The molecule has 0 amide bonds. The summed E-state index contributed by atoms with van der Waals surface area (Å²) in [6.07, 6.45) is 4.57. The van der Waals surface area contributed by atoms with Crippen molar-refractivity contribution in [1.82, 2.24) is 0 Å². The number of rotatable bonds is 4. The number of ether oxygens (including phenoxy) is 1. The lowest BCUT2D eigenvalue weighted by atomic mass is 9.65. The molecule has 2 heteroatoms. The zero-order valence-electron chi connectivity index (χ0n) is 12.6. The Bertz CT molecular complexity index is 317. The zero-order valence-corrected chi connectivity index (χ0v) is 12.6. The third-order valence-electron chi connectivity index (χ3n) is 4.37. The largest absolute Gasteiger partial charge is 0.455 e. The van der Waals surface area contributed by atoms with Gasteiger partial charge < -0.3 is 4.74 Å². The van der Waals surface area contributed by atoms with E-state index < -0.39 is 0 Å². The number of hydrogen-bond donors (Lipinski definition) is 0. The number of carbonyl (C=O) groups is 1. The molecule has 0 aromatic heterocycles. The van der Waals surface area contributed by atoms with Crippen LogP contribution in [0.5, 0.6) is 0 Å². The third kappa shape index (κ3) is 2.96. The highest BCUT2D eigenvalue weighted by Gasteiger charge is 2.47. The second-order valence-corrected chi connectivity index (χ2v) is 6.38. The van der Waals surface area contributed by atoms with Crippen LogP contribution in [0.2, 0.25) is 0 Å².